The highest BCUT2D eigenvalue weighted by Crippen LogP contribution is 2.38. The third-order valence-corrected chi connectivity index (χ3v) is 2.54. The smallest absolute Gasteiger partial charge is 0.190 e. The number of fused-ring (bicyclic) bond motifs is 1. The highest BCUT2D eigenvalue weighted by atomic mass is 16.8. The van der Waals surface area contributed by atoms with Gasteiger partial charge in [-0.05, 0) is 13.8 Å². The fourth-order valence-electron chi connectivity index (χ4n) is 1.98. The van der Waals surface area contributed by atoms with Gasteiger partial charge in [0.1, 0.15) is 18.3 Å². The van der Waals surface area contributed by atoms with Crippen LogP contribution >= 0.6 is 0 Å². The molecule has 2 rings (SSSR count). The molecule has 14 heavy (non-hydrogen) atoms. The molecule has 0 aromatic rings. The molecule has 2 fully saturated rings. The monoisotopic (exact) mass is 204 g/mol. The van der Waals surface area contributed by atoms with Crippen molar-refractivity contribution in [1.82, 2.24) is 0 Å². The highest BCUT2D eigenvalue weighted by Gasteiger charge is 2.54. The Labute approximate surface area is 82.9 Å². The van der Waals surface area contributed by atoms with E-state index in [1.807, 2.05) is 13.8 Å². The molecule has 4 atom stereocenters. The Balaban J connectivity index is 2.09. The van der Waals surface area contributed by atoms with Crippen molar-refractivity contribution in [2.24, 2.45) is 0 Å². The van der Waals surface area contributed by atoms with Crippen LogP contribution < -0.4 is 0 Å². The minimum absolute atomic E-state index is 0.0847. The third-order valence-electron chi connectivity index (χ3n) is 2.54. The molecule has 0 aromatic heterocycles. The summed E-state index contributed by atoms with van der Waals surface area (Å²) in [5, 5.41) is 9.04. The maximum Gasteiger partial charge on any atom is 0.190 e. The summed E-state index contributed by atoms with van der Waals surface area (Å²) < 4.78 is 21.8. The van der Waals surface area contributed by atoms with E-state index in [1.165, 1.54) is 0 Å². The second-order valence-corrected chi connectivity index (χ2v) is 4.03. The third kappa shape index (κ3) is 1.55. The van der Waals surface area contributed by atoms with E-state index in [0.717, 1.165) is 0 Å². The van der Waals surface area contributed by atoms with E-state index in [0.29, 0.717) is 0 Å². The predicted octanol–water partition coefficient (Wildman–Crippen LogP) is -0.130. The predicted molar refractivity (Wildman–Crippen MR) is 46.6 cm³/mol. The normalized spacial score (nSPS) is 45.4. The summed E-state index contributed by atoms with van der Waals surface area (Å²) in [6, 6.07) is 0. The first kappa shape index (κ1) is 10.3. The molecule has 5 heteroatoms. The number of ether oxygens (including phenoxy) is 4. The fraction of sp³-hybridized carbons (Fsp3) is 1.00. The number of aliphatic hydroxyl groups excluding tert-OH is 1. The lowest BCUT2D eigenvalue weighted by Gasteiger charge is -2.23. The summed E-state index contributed by atoms with van der Waals surface area (Å²) in [6.07, 6.45) is -1.28. The van der Waals surface area contributed by atoms with Gasteiger partial charge in [0, 0.05) is 7.11 Å². The Morgan fingerprint density at radius 1 is 1.36 bits per heavy atom. The van der Waals surface area contributed by atoms with Crippen molar-refractivity contribution < 1.29 is 24.1 Å². The van der Waals surface area contributed by atoms with Crippen molar-refractivity contribution in [3.63, 3.8) is 0 Å². The van der Waals surface area contributed by atoms with Crippen LogP contribution in [0.5, 0.6) is 0 Å². The van der Waals surface area contributed by atoms with Gasteiger partial charge in [0.05, 0.1) is 6.61 Å². The van der Waals surface area contributed by atoms with Gasteiger partial charge >= 0.3 is 0 Å². The van der Waals surface area contributed by atoms with Crippen LogP contribution in [-0.4, -0.2) is 49.2 Å². The van der Waals surface area contributed by atoms with E-state index < -0.39 is 12.1 Å². The first-order valence-corrected chi connectivity index (χ1v) is 4.72. The Morgan fingerprint density at radius 3 is 2.64 bits per heavy atom. The van der Waals surface area contributed by atoms with Crippen molar-refractivity contribution in [2.45, 2.75) is 44.2 Å². The number of hydrogen-bond donors (Lipinski definition) is 1. The van der Waals surface area contributed by atoms with Crippen molar-refractivity contribution in [1.29, 1.82) is 0 Å². The average Bonchev–Trinajstić information content (AvgIpc) is 2.55. The highest BCUT2D eigenvalue weighted by molar-refractivity contribution is 4.93. The van der Waals surface area contributed by atoms with E-state index >= 15 is 0 Å². The van der Waals surface area contributed by atoms with Crippen molar-refractivity contribution in [3.05, 3.63) is 0 Å². The summed E-state index contributed by atoms with van der Waals surface area (Å²) in [5.41, 5.74) is 0. The molecule has 1 unspecified atom stereocenters. The van der Waals surface area contributed by atoms with Crippen LogP contribution in [0.1, 0.15) is 13.8 Å². The number of aliphatic hydroxyl groups is 1. The Kier molecular flexibility index (Phi) is 2.53. The van der Waals surface area contributed by atoms with Crippen LogP contribution in [0, 0.1) is 0 Å². The molecule has 2 heterocycles. The topological polar surface area (TPSA) is 57.2 Å². The van der Waals surface area contributed by atoms with Crippen molar-refractivity contribution >= 4 is 0 Å². The fourth-order valence-corrected chi connectivity index (χ4v) is 1.98. The van der Waals surface area contributed by atoms with Crippen LogP contribution in [0.2, 0.25) is 0 Å². The molecule has 0 spiro atoms. The van der Waals surface area contributed by atoms with Crippen molar-refractivity contribution in [3.8, 4) is 0 Å². The maximum atomic E-state index is 9.04. The molecule has 1 N–H and O–H groups in total. The van der Waals surface area contributed by atoms with Gasteiger partial charge < -0.3 is 24.1 Å². The molecule has 82 valence electrons. The van der Waals surface area contributed by atoms with E-state index in [1.54, 1.807) is 7.11 Å². The second kappa shape index (κ2) is 3.43. The standard InChI is InChI=1S/C9H16O5/c1-9(2)13-7-6(11-3)5(4-10)12-8(7)14-9/h5-8,10H,4H2,1-3H3/t5?,6-,7+,8+/m0/s1. The van der Waals surface area contributed by atoms with Gasteiger partial charge in [0.2, 0.25) is 0 Å². The van der Waals surface area contributed by atoms with Gasteiger partial charge in [-0.3, -0.25) is 0 Å². The maximum absolute atomic E-state index is 9.04. The van der Waals surface area contributed by atoms with Crippen LogP contribution in [0.3, 0.4) is 0 Å². The largest absolute Gasteiger partial charge is 0.394 e. The van der Waals surface area contributed by atoms with Crippen LogP contribution in [0.15, 0.2) is 0 Å². The zero-order valence-electron chi connectivity index (χ0n) is 8.60. The van der Waals surface area contributed by atoms with E-state index in [2.05, 4.69) is 0 Å². The minimum Gasteiger partial charge on any atom is -0.394 e. The Hall–Kier alpha value is -0.200. The van der Waals surface area contributed by atoms with Gasteiger partial charge in [0.25, 0.3) is 0 Å². The molecule has 0 bridgehead atoms. The molecule has 0 aromatic carbocycles. The first-order chi connectivity index (χ1) is 6.57. The van der Waals surface area contributed by atoms with Crippen molar-refractivity contribution in [2.75, 3.05) is 13.7 Å². The molecule has 0 radical (unpaired) electrons. The van der Waals surface area contributed by atoms with E-state index in [-0.39, 0.29) is 24.9 Å². The zero-order valence-corrected chi connectivity index (χ0v) is 8.60. The summed E-state index contributed by atoms with van der Waals surface area (Å²) in [4.78, 5) is 0. The SMILES string of the molecule is CO[C@H]1C(CO)O[C@@H]2OC(C)(C)O[C@@H]21. The quantitative estimate of drug-likeness (QED) is 0.679. The van der Waals surface area contributed by atoms with Crippen LogP contribution in [-0.2, 0) is 18.9 Å². The zero-order chi connectivity index (χ0) is 10.3. The van der Waals surface area contributed by atoms with Crippen LogP contribution in [0.4, 0.5) is 0 Å². The summed E-state index contributed by atoms with van der Waals surface area (Å²) in [5.74, 6) is -0.632. The summed E-state index contributed by atoms with van der Waals surface area (Å²) in [6.45, 7) is 3.57. The van der Waals surface area contributed by atoms with Crippen LogP contribution in [0.25, 0.3) is 0 Å². The van der Waals surface area contributed by atoms with Gasteiger partial charge in [-0.15, -0.1) is 0 Å². The molecule has 0 amide bonds. The molecule has 0 saturated carbocycles. The molecule has 2 aliphatic rings. The van der Waals surface area contributed by atoms with Gasteiger partial charge in [-0.2, -0.15) is 0 Å². The Morgan fingerprint density at radius 2 is 2.07 bits per heavy atom. The van der Waals surface area contributed by atoms with Gasteiger partial charge in [-0.1, -0.05) is 0 Å². The number of rotatable bonds is 2. The average molecular weight is 204 g/mol. The molecule has 0 aliphatic carbocycles. The lowest BCUT2D eigenvalue weighted by molar-refractivity contribution is -0.220. The molecular weight excluding hydrogens is 188 g/mol. The minimum atomic E-state index is -0.632. The number of methoxy groups -OCH3 is 1. The second-order valence-electron chi connectivity index (χ2n) is 4.03. The summed E-state index contributed by atoms with van der Waals surface area (Å²) in [7, 11) is 1.58. The van der Waals surface area contributed by atoms with Gasteiger partial charge in [-0.25, -0.2) is 0 Å². The molecule has 2 saturated heterocycles. The molecule has 2 aliphatic heterocycles. The molecular formula is C9H16O5. The van der Waals surface area contributed by atoms with E-state index in [4.69, 9.17) is 24.1 Å². The Bertz CT molecular complexity index is 217. The van der Waals surface area contributed by atoms with E-state index in [9.17, 15) is 0 Å². The summed E-state index contributed by atoms with van der Waals surface area (Å²) >= 11 is 0. The molecule has 5 nitrogen and oxygen atoms in total. The first-order valence-electron chi connectivity index (χ1n) is 4.72. The lowest BCUT2D eigenvalue weighted by Crippen LogP contribution is -2.37. The van der Waals surface area contributed by atoms with Gasteiger partial charge in [0.15, 0.2) is 12.1 Å². The number of hydrogen-bond acceptors (Lipinski definition) is 5. The lowest BCUT2D eigenvalue weighted by atomic mass is 10.1.